The molecule has 0 aliphatic carbocycles. The van der Waals surface area contributed by atoms with E-state index in [4.69, 9.17) is 5.73 Å². The summed E-state index contributed by atoms with van der Waals surface area (Å²) in [5.74, 6) is -1.54. The molecule has 3 N–H and O–H groups in total. The molecule has 1 rings (SSSR count). The number of nitrogens with two attached hydrogens (primary N) is 1. The molecule has 1 unspecified atom stereocenters. The zero-order valence-electron chi connectivity index (χ0n) is 11.0. The molecule has 1 aromatic rings. The minimum Gasteiger partial charge on any atom is -0.399 e. The monoisotopic (exact) mass is 288 g/mol. The highest BCUT2D eigenvalue weighted by molar-refractivity contribution is 7.90. The van der Waals surface area contributed by atoms with Gasteiger partial charge >= 0.3 is 0 Å². The summed E-state index contributed by atoms with van der Waals surface area (Å²) in [6, 6.07) is 2.04. The summed E-state index contributed by atoms with van der Waals surface area (Å²) in [6.07, 6.45) is 1.07. The van der Waals surface area contributed by atoms with Crippen LogP contribution in [0.4, 0.5) is 10.1 Å². The summed E-state index contributed by atoms with van der Waals surface area (Å²) in [6.45, 7) is 3.04. The number of amides is 1. The average Bonchev–Trinajstić information content (AvgIpc) is 2.20. The molecule has 0 aliphatic heterocycles. The number of anilines is 1. The van der Waals surface area contributed by atoms with Crippen LogP contribution in [0.25, 0.3) is 0 Å². The largest absolute Gasteiger partial charge is 0.399 e. The lowest BCUT2D eigenvalue weighted by molar-refractivity contribution is 0.0939. The lowest BCUT2D eigenvalue weighted by atomic mass is 10.1. The number of carbonyl (C=O) groups excluding carboxylic acids is 1. The number of nitrogen functional groups attached to an aromatic ring is 1. The summed E-state index contributed by atoms with van der Waals surface area (Å²) < 4.78 is 36.0. The molecule has 0 saturated heterocycles. The molecule has 0 fully saturated rings. The van der Waals surface area contributed by atoms with Gasteiger partial charge in [0.05, 0.1) is 11.3 Å². The van der Waals surface area contributed by atoms with Crippen molar-refractivity contribution in [2.24, 2.45) is 0 Å². The van der Waals surface area contributed by atoms with E-state index < -0.39 is 27.6 Å². The van der Waals surface area contributed by atoms with E-state index in [-0.39, 0.29) is 22.6 Å². The molecule has 0 radical (unpaired) electrons. The van der Waals surface area contributed by atoms with E-state index in [1.54, 1.807) is 0 Å². The van der Waals surface area contributed by atoms with E-state index in [1.165, 1.54) is 26.0 Å². The molecule has 1 amide bonds. The Bertz CT molecular complexity index is 599. The van der Waals surface area contributed by atoms with Gasteiger partial charge in [0.25, 0.3) is 5.91 Å². The van der Waals surface area contributed by atoms with E-state index in [1.807, 2.05) is 0 Å². The second-order valence-corrected chi connectivity index (χ2v) is 6.85. The highest BCUT2D eigenvalue weighted by Gasteiger charge is 2.18. The zero-order valence-corrected chi connectivity index (χ0v) is 11.8. The van der Waals surface area contributed by atoms with Crippen molar-refractivity contribution in [3.05, 3.63) is 29.1 Å². The lowest BCUT2D eigenvalue weighted by Crippen LogP contribution is -2.37. The first-order valence-electron chi connectivity index (χ1n) is 5.64. The Morgan fingerprint density at radius 2 is 2.05 bits per heavy atom. The van der Waals surface area contributed by atoms with Crippen LogP contribution in [-0.2, 0) is 9.84 Å². The lowest BCUT2D eigenvalue weighted by Gasteiger charge is -2.14. The van der Waals surface area contributed by atoms with E-state index in [0.717, 1.165) is 6.26 Å². The molecule has 7 heteroatoms. The number of nitrogens with one attached hydrogen (secondary N) is 1. The fourth-order valence-corrected chi connectivity index (χ4v) is 2.75. The number of aryl methyl sites for hydroxylation is 1. The maximum absolute atomic E-state index is 13.8. The minimum atomic E-state index is -3.21. The van der Waals surface area contributed by atoms with Gasteiger partial charge in [-0.25, -0.2) is 12.8 Å². The van der Waals surface area contributed by atoms with Gasteiger partial charge in [0.2, 0.25) is 0 Å². The van der Waals surface area contributed by atoms with Crippen molar-refractivity contribution < 1.29 is 17.6 Å². The molecular weight excluding hydrogens is 271 g/mol. The summed E-state index contributed by atoms with van der Waals surface area (Å²) in [5, 5.41) is 2.43. The quantitative estimate of drug-likeness (QED) is 0.805. The third kappa shape index (κ3) is 4.51. The molecule has 0 spiro atoms. The standard InChI is InChI=1S/C12H17FN2O3S/c1-7-4-9(14)5-10(11(7)13)12(16)15-8(2)6-19(3,17)18/h4-5,8H,6,14H2,1-3H3,(H,15,16). The molecule has 0 saturated carbocycles. The van der Waals surface area contributed by atoms with Gasteiger partial charge in [0.1, 0.15) is 15.7 Å². The number of sulfone groups is 1. The topological polar surface area (TPSA) is 89.3 Å². The Morgan fingerprint density at radius 1 is 1.47 bits per heavy atom. The number of hydrogen-bond donors (Lipinski definition) is 2. The molecule has 1 atom stereocenters. The highest BCUT2D eigenvalue weighted by Crippen LogP contribution is 2.17. The maximum Gasteiger partial charge on any atom is 0.254 e. The Kier molecular flexibility index (Phi) is 4.52. The van der Waals surface area contributed by atoms with E-state index in [0.29, 0.717) is 0 Å². The summed E-state index contributed by atoms with van der Waals surface area (Å²) in [7, 11) is -3.21. The molecule has 0 aliphatic rings. The van der Waals surface area contributed by atoms with Crippen molar-refractivity contribution in [2.75, 3.05) is 17.7 Å². The molecular formula is C12H17FN2O3S. The predicted octanol–water partition coefficient (Wildman–Crippen LogP) is 0.879. The molecule has 1 aromatic carbocycles. The van der Waals surface area contributed by atoms with Gasteiger partial charge in [0.15, 0.2) is 0 Å². The van der Waals surface area contributed by atoms with Crippen LogP contribution in [0, 0.1) is 12.7 Å². The molecule has 19 heavy (non-hydrogen) atoms. The van der Waals surface area contributed by atoms with Crippen LogP contribution >= 0.6 is 0 Å². The summed E-state index contributed by atoms with van der Waals surface area (Å²) in [5.41, 5.74) is 5.92. The van der Waals surface area contributed by atoms with Crippen LogP contribution in [0.5, 0.6) is 0 Å². The fourth-order valence-electron chi connectivity index (χ4n) is 1.76. The van der Waals surface area contributed by atoms with Gasteiger partial charge in [-0.05, 0) is 31.5 Å². The number of benzene rings is 1. The first-order valence-corrected chi connectivity index (χ1v) is 7.70. The van der Waals surface area contributed by atoms with Crippen LogP contribution in [0.2, 0.25) is 0 Å². The predicted molar refractivity (Wildman–Crippen MR) is 72.2 cm³/mol. The SMILES string of the molecule is Cc1cc(N)cc(C(=O)NC(C)CS(C)(=O)=O)c1F. The highest BCUT2D eigenvalue weighted by atomic mass is 32.2. The number of hydrogen-bond acceptors (Lipinski definition) is 4. The molecule has 0 bridgehead atoms. The van der Waals surface area contributed by atoms with Crippen molar-refractivity contribution >= 4 is 21.4 Å². The number of carbonyl (C=O) groups is 1. The van der Waals surface area contributed by atoms with E-state index in [9.17, 15) is 17.6 Å². The second-order valence-electron chi connectivity index (χ2n) is 4.67. The average molecular weight is 288 g/mol. The van der Waals surface area contributed by atoms with Crippen molar-refractivity contribution in [1.82, 2.24) is 5.32 Å². The minimum absolute atomic E-state index is 0.183. The third-order valence-electron chi connectivity index (χ3n) is 2.45. The summed E-state index contributed by atoms with van der Waals surface area (Å²) >= 11 is 0. The van der Waals surface area contributed by atoms with Gasteiger partial charge in [0, 0.05) is 18.0 Å². The van der Waals surface area contributed by atoms with Gasteiger partial charge < -0.3 is 11.1 Å². The van der Waals surface area contributed by atoms with Crippen molar-refractivity contribution in [1.29, 1.82) is 0 Å². The molecule has 106 valence electrons. The van der Waals surface area contributed by atoms with Gasteiger partial charge in [-0.2, -0.15) is 0 Å². The Hall–Kier alpha value is -1.63. The Balaban J connectivity index is 2.90. The molecule has 0 aromatic heterocycles. The Morgan fingerprint density at radius 3 is 2.58 bits per heavy atom. The van der Waals surface area contributed by atoms with Gasteiger partial charge in [-0.3, -0.25) is 4.79 Å². The van der Waals surface area contributed by atoms with Crippen molar-refractivity contribution in [2.45, 2.75) is 19.9 Å². The first kappa shape index (κ1) is 15.4. The van der Waals surface area contributed by atoms with Crippen molar-refractivity contribution in [3.8, 4) is 0 Å². The van der Waals surface area contributed by atoms with Crippen LogP contribution in [0.3, 0.4) is 0 Å². The zero-order chi connectivity index (χ0) is 14.8. The molecule has 0 heterocycles. The van der Waals surface area contributed by atoms with Crippen LogP contribution in [-0.4, -0.2) is 32.4 Å². The normalized spacial score (nSPS) is 13.1. The van der Waals surface area contributed by atoms with Crippen LogP contribution in [0.1, 0.15) is 22.8 Å². The summed E-state index contributed by atoms with van der Waals surface area (Å²) in [4.78, 5) is 11.9. The Labute approximate surface area is 111 Å². The van der Waals surface area contributed by atoms with Crippen molar-refractivity contribution in [3.63, 3.8) is 0 Å². The molecule has 5 nitrogen and oxygen atoms in total. The van der Waals surface area contributed by atoms with Crippen LogP contribution < -0.4 is 11.1 Å². The second kappa shape index (κ2) is 5.56. The van der Waals surface area contributed by atoms with Gasteiger partial charge in [-0.15, -0.1) is 0 Å². The first-order chi connectivity index (χ1) is 8.60. The third-order valence-corrected chi connectivity index (χ3v) is 3.56. The van der Waals surface area contributed by atoms with E-state index >= 15 is 0 Å². The fraction of sp³-hybridized carbons (Fsp3) is 0.417. The van der Waals surface area contributed by atoms with Gasteiger partial charge in [-0.1, -0.05) is 0 Å². The van der Waals surface area contributed by atoms with Crippen LogP contribution in [0.15, 0.2) is 12.1 Å². The van der Waals surface area contributed by atoms with E-state index in [2.05, 4.69) is 5.32 Å². The number of halogens is 1. The smallest absolute Gasteiger partial charge is 0.254 e. The number of rotatable bonds is 4. The maximum atomic E-state index is 13.8.